The molecular formula is C14H17N5O2. The van der Waals surface area contributed by atoms with Gasteiger partial charge in [0.1, 0.15) is 12.1 Å². The van der Waals surface area contributed by atoms with Crippen molar-refractivity contribution in [3.8, 4) is 5.82 Å². The van der Waals surface area contributed by atoms with Gasteiger partial charge in [-0.2, -0.15) is 0 Å². The maximum atomic E-state index is 12.1. The summed E-state index contributed by atoms with van der Waals surface area (Å²) in [7, 11) is 0. The predicted octanol–water partition coefficient (Wildman–Crippen LogP) is 0.960. The third kappa shape index (κ3) is 3.08. The van der Waals surface area contributed by atoms with Gasteiger partial charge in [0.05, 0.1) is 6.10 Å². The number of carbonyl (C=O) groups is 1. The fraction of sp³-hybridized carbons (Fsp3) is 0.429. The number of amides is 1. The molecule has 110 valence electrons. The molecule has 0 bridgehead atoms. The van der Waals surface area contributed by atoms with Gasteiger partial charge < -0.3 is 10.1 Å². The van der Waals surface area contributed by atoms with Crippen LogP contribution in [0.15, 0.2) is 31.0 Å². The van der Waals surface area contributed by atoms with Crippen molar-refractivity contribution in [3.05, 3.63) is 36.8 Å². The van der Waals surface area contributed by atoms with Crippen molar-refractivity contribution in [1.82, 2.24) is 24.8 Å². The molecule has 0 aromatic carbocycles. The van der Waals surface area contributed by atoms with E-state index < -0.39 is 0 Å². The molecule has 0 saturated heterocycles. The summed E-state index contributed by atoms with van der Waals surface area (Å²) in [6.07, 6.45) is 8.58. The molecule has 1 saturated carbocycles. The van der Waals surface area contributed by atoms with Gasteiger partial charge in [-0.3, -0.25) is 9.36 Å². The molecule has 1 fully saturated rings. The molecular weight excluding hydrogens is 270 g/mol. The molecule has 0 unspecified atom stereocenters. The first kappa shape index (κ1) is 13.7. The average molecular weight is 287 g/mol. The van der Waals surface area contributed by atoms with Crippen molar-refractivity contribution in [2.45, 2.75) is 31.9 Å². The maximum absolute atomic E-state index is 12.1. The van der Waals surface area contributed by atoms with Crippen LogP contribution in [0.3, 0.4) is 0 Å². The van der Waals surface area contributed by atoms with Crippen molar-refractivity contribution >= 4 is 5.91 Å². The van der Waals surface area contributed by atoms with Crippen molar-refractivity contribution in [2.75, 3.05) is 6.61 Å². The van der Waals surface area contributed by atoms with Gasteiger partial charge >= 0.3 is 0 Å². The second-order valence-corrected chi connectivity index (χ2v) is 4.93. The monoisotopic (exact) mass is 287 g/mol. The Balaban J connectivity index is 1.62. The Kier molecular flexibility index (Phi) is 3.92. The van der Waals surface area contributed by atoms with Crippen molar-refractivity contribution in [3.63, 3.8) is 0 Å². The van der Waals surface area contributed by atoms with Crippen LogP contribution in [0, 0.1) is 0 Å². The van der Waals surface area contributed by atoms with Gasteiger partial charge in [-0.25, -0.2) is 15.0 Å². The van der Waals surface area contributed by atoms with E-state index in [2.05, 4.69) is 20.3 Å². The van der Waals surface area contributed by atoms with Crippen molar-refractivity contribution in [2.24, 2.45) is 0 Å². The number of nitrogens with one attached hydrogen (secondary N) is 1. The van der Waals surface area contributed by atoms with E-state index in [9.17, 15) is 4.79 Å². The molecule has 1 N–H and O–H groups in total. The molecule has 0 radical (unpaired) electrons. The van der Waals surface area contributed by atoms with Crippen LogP contribution in [-0.4, -0.2) is 44.2 Å². The van der Waals surface area contributed by atoms with Crippen LogP contribution in [0.2, 0.25) is 0 Å². The predicted molar refractivity (Wildman–Crippen MR) is 75.1 cm³/mol. The van der Waals surface area contributed by atoms with Gasteiger partial charge in [0.25, 0.3) is 5.91 Å². The van der Waals surface area contributed by atoms with E-state index in [-0.39, 0.29) is 23.9 Å². The number of aromatic nitrogens is 4. The zero-order chi connectivity index (χ0) is 14.7. The third-order valence-corrected chi connectivity index (χ3v) is 3.45. The second kappa shape index (κ2) is 6.01. The minimum absolute atomic E-state index is 0.148. The highest BCUT2D eigenvalue weighted by atomic mass is 16.5. The zero-order valence-corrected chi connectivity index (χ0v) is 11.8. The lowest BCUT2D eigenvalue weighted by atomic mass is 9.89. The van der Waals surface area contributed by atoms with E-state index in [0.29, 0.717) is 12.4 Å². The summed E-state index contributed by atoms with van der Waals surface area (Å²) in [5.41, 5.74) is 0. The number of nitrogens with zero attached hydrogens (tertiary/aromatic N) is 4. The minimum Gasteiger partial charge on any atom is -0.378 e. The standard InChI is InChI=1S/C14H17N5O2/c1-2-21-11-7-10(8-11)17-14(20)13-16-4-3-12(18-13)19-6-5-15-9-19/h3-6,9-11H,2,7-8H2,1H3,(H,17,20)/t10-,11-. The lowest BCUT2D eigenvalue weighted by molar-refractivity contribution is -0.00872. The molecule has 1 aliphatic rings. The van der Waals surface area contributed by atoms with Gasteiger partial charge in [-0.15, -0.1) is 0 Å². The molecule has 2 aromatic rings. The first-order chi connectivity index (χ1) is 10.3. The first-order valence-electron chi connectivity index (χ1n) is 7.00. The Bertz CT molecular complexity index is 608. The molecule has 2 heterocycles. The highest BCUT2D eigenvalue weighted by molar-refractivity contribution is 5.90. The van der Waals surface area contributed by atoms with Crippen LogP contribution in [0.5, 0.6) is 0 Å². The lowest BCUT2D eigenvalue weighted by Gasteiger charge is -2.35. The summed E-state index contributed by atoms with van der Waals surface area (Å²) in [5, 5.41) is 2.92. The molecule has 1 amide bonds. The van der Waals surface area contributed by atoms with E-state index in [4.69, 9.17) is 4.74 Å². The van der Waals surface area contributed by atoms with Crippen molar-refractivity contribution < 1.29 is 9.53 Å². The van der Waals surface area contributed by atoms with Gasteiger partial charge in [0.2, 0.25) is 5.82 Å². The van der Waals surface area contributed by atoms with Crippen LogP contribution in [0.25, 0.3) is 5.82 Å². The first-order valence-corrected chi connectivity index (χ1v) is 7.00. The number of ether oxygens (including phenoxy) is 1. The van der Waals surface area contributed by atoms with Crippen LogP contribution < -0.4 is 5.32 Å². The fourth-order valence-corrected chi connectivity index (χ4v) is 2.30. The van der Waals surface area contributed by atoms with Crippen LogP contribution >= 0.6 is 0 Å². The summed E-state index contributed by atoms with van der Waals surface area (Å²) in [4.78, 5) is 24.4. The number of hydrogen-bond acceptors (Lipinski definition) is 5. The molecule has 0 aliphatic heterocycles. The number of rotatable bonds is 5. The Labute approximate surface area is 122 Å². The van der Waals surface area contributed by atoms with E-state index in [1.807, 2.05) is 6.92 Å². The summed E-state index contributed by atoms with van der Waals surface area (Å²) in [6, 6.07) is 1.88. The average Bonchev–Trinajstić information content (AvgIpc) is 2.99. The molecule has 2 aromatic heterocycles. The molecule has 7 heteroatoms. The Morgan fingerprint density at radius 2 is 2.33 bits per heavy atom. The molecule has 1 aliphatic carbocycles. The van der Waals surface area contributed by atoms with E-state index in [0.717, 1.165) is 12.8 Å². The van der Waals surface area contributed by atoms with Crippen molar-refractivity contribution in [1.29, 1.82) is 0 Å². The van der Waals surface area contributed by atoms with Crippen LogP contribution in [0.1, 0.15) is 30.4 Å². The number of imidazole rings is 1. The highest BCUT2D eigenvalue weighted by Crippen LogP contribution is 2.23. The fourth-order valence-electron chi connectivity index (χ4n) is 2.30. The summed E-state index contributed by atoms with van der Waals surface area (Å²) in [5.74, 6) is 0.534. The molecule has 0 spiro atoms. The van der Waals surface area contributed by atoms with E-state index in [1.54, 1.807) is 35.6 Å². The lowest BCUT2D eigenvalue weighted by Crippen LogP contribution is -2.48. The summed E-state index contributed by atoms with van der Waals surface area (Å²) in [6.45, 7) is 2.68. The summed E-state index contributed by atoms with van der Waals surface area (Å²) >= 11 is 0. The Morgan fingerprint density at radius 1 is 1.48 bits per heavy atom. The van der Waals surface area contributed by atoms with Crippen LogP contribution in [-0.2, 0) is 4.74 Å². The number of carbonyl (C=O) groups excluding carboxylic acids is 1. The smallest absolute Gasteiger partial charge is 0.289 e. The highest BCUT2D eigenvalue weighted by Gasteiger charge is 2.31. The quantitative estimate of drug-likeness (QED) is 0.885. The third-order valence-electron chi connectivity index (χ3n) is 3.45. The Morgan fingerprint density at radius 3 is 3.05 bits per heavy atom. The van der Waals surface area contributed by atoms with Gasteiger partial charge in [-0.1, -0.05) is 0 Å². The largest absolute Gasteiger partial charge is 0.378 e. The van der Waals surface area contributed by atoms with Gasteiger partial charge in [-0.05, 0) is 25.8 Å². The molecule has 3 rings (SSSR count). The van der Waals surface area contributed by atoms with Gasteiger partial charge in [0, 0.05) is 31.2 Å². The zero-order valence-electron chi connectivity index (χ0n) is 11.8. The molecule has 0 atom stereocenters. The normalized spacial score (nSPS) is 20.8. The topological polar surface area (TPSA) is 81.9 Å². The summed E-state index contributed by atoms with van der Waals surface area (Å²) < 4.78 is 7.20. The Hall–Kier alpha value is -2.28. The van der Waals surface area contributed by atoms with E-state index in [1.165, 1.54) is 0 Å². The maximum Gasteiger partial charge on any atom is 0.289 e. The minimum atomic E-state index is -0.253. The van der Waals surface area contributed by atoms with Gasteiger partial charge in [0.15, 0.2) is 0 Å². The molecule has 21 heavy (non-hydrogen) atoms. The molecule has 7 nitrogen and oxygen atoms in total. The van der Waals surface area contributed by atoms with E-state index >= 15 is 0 Å². The SMILES string of the molecule is CCO[C@H]1C[C@H](NC(=O)c2nccc(-n3ccnc3)n2)C1. The number of hydrogen-bond donors (Lipinski definition) is 1. The van der Waals surface area contributed by atoms with Crippen LogP contribution in [0.4, 0.5) is 0 Å². The second-order valence-electron chi connectivity index (χ2n) is 4.93.